The quantitative estimate of drug-likeness (QED) is 0.724. The Labute approximate surface area is 139 Å². The highest BCUT2D eigenvalue weighted by molar-refractivity contribution is 7.89. The molecule has 2 aromatic rings. The molecule has 0 saturated carbocycles. The van der Waals surface area contributed by atoms with E-state index in [0.29, 0.717) is 24.5 Å². The number of carbonyl (C=O) groups excluding carboxylic acids is 1. The van der Waals surface area contributed by atoms with Gasteiger partial charge in [0.2, 0.25) is 10.0 Å². The molecule has 0 aliphatic carbocycles. The van der Waals surface area contributed by atoms with Crippen LogP contribution in [0.4, 0.5) is 0 Å². The molecule has 0 aliphatic rings. The van der Waals surface area contributed by atoms with Gasteiger partial charge in [0.25, 0.3) is 5.91 Å². The number of rotatable bonds is 7. The van der Waals surface area contributed by atoms with Gasteiger partial charge in [-0.25, -0.2) is 13.6 Å². The number of aromatic nitrogens is 3. The Kier molecular flexibility index (Phi) is 5.65. The van der Waals surface area contributed by atoms with Gasteiger partial charge in [-0.2, -0.15) is 0 Å². The lowest BCUT2D eigenvalue weighted by molar-refractivity contribution is 0.0937. The summed E-state index contributed by atoms with van der Waals surface area (Å²) in [7, 11) is -2.19. The number of carbonyl (C=O) groups is 1. The molecular formula is C14H19N5O4S. The van der Waals surface area contributed by atoms with Crippen molar-refractivity contribution in [3.05, 3.63) is 42.0 Å². The molecule has 1 aromatic carbocycles. The number of amides is 1. The normalized spacial score (nSPS) is 12.8. The molecule has 10 heteroatoms. The second-order valence-corrected chi connectivity index (χ2v) is 6.70. The maximum Gasteiger partial charge on any atom is 0.251 e. The van der Waals surface area contributed by atoms with Crippen LogP contribution >= 0.6 is 0 Å². The van der Waals surface area contributed by atoms with Crippen molar-refractivity contribution in [3.8, 4) is 0 Å². The molecule has 9 nitrogen and oxygen atoms in total. The Morgan fingerprint density at radius 2 is 2.04 bits per heavy atom. The third kappa shape index (κ3) is 4.37. The molecule has 130 valence electrons. The lowest BCUT2D eigenvalue weighted by Gasteiger charge is -2.15. The van der Waals surface area contributed by atoms with E-state index in [4.69, 9.17) is 9.88 Å². The van der Waals surface area contributed by atoms with Crippen LogP contribution in [-0.4, -0.2) is 42.8 Å². The largest absolute Gasteiger partial charge is 0.383 e. The number of hydrogen-bond acceptors (Lipinski definition) is 6. The summed E-state index contributed by atoms with van der Waals surface area (Å²) in [4.78, 5) is 12.2. The van der Waals surface area contributed by atoms with E-state index in [1.54, 1.807) is 24.9 Å². The molecule has 0 unspecified atom stereocenters. The number of primary sulfonamides is 1. The van der Waals surface area contributed by atoms with Gasteiger partial charge in [-0.1, -0.05) is 0 Å². The van der Waals surface area contributed by atoms with E-state index in [9.17, 15) is 13.2 Å². The topological polar surface area (TPSA) is 129 Å². The van der Waals surface area contributed by atoms with Crippen molar-refractivity contribution in [3.63, 3.8) is 0 Å². The number of sulfonamides is 1. The predicted molar refractivity (Wildman–Crippen MR) is 85.6 cm³/mol. The minimum atomic E-state index is -3.78. The molecule has 0 aliphatic heterocycles. The molecule has 3 N–H and O–H groups in total. The molecule has 24 heavy (non-hydrogen) atoms. The Morgan fingerprint density at radius 3 is 2.62 bits per heavy atom. The lowest BCUT2D eigenvalue weighted by Crippen LogP contribution is -2.29. The minimum Gasteiger partial charge on any atom is -0.383 e. The number of nitrogens with two attached hydrogens (primary N) is 1. The van der Waals surface area contributed by atoms with Crippen molar-refractivity contribution >= 4 is 15.9 Å². The van der Waals surface area contributed by atoms with Gasteiger partial charge >= 0.3 is 0 Å². The summed E-state index contributed by atoms with van der Waals surface area (Å²) in [5.41, 5.74) is 0.317. The number of nitrogens with one attached hydrogen (secondary N) is 1. The zero-order valence-electron chi connectivity index (χ0n) is 13.3. The summed E-state index contributed by atoms with van der Waals surface area (Å²) in [6.45, 7) is 2.85. The minimum absolute atomic E-state index is 0.0496. The van der Waals surface area contributed by atoms with Crippen LogP contribution in [0, 0.1) is 0 Å². The molecule has 0 spiro atoms. The van der Waals surface area contributed by atoms with Gasteiger partial charge in [0, 0.05) is 19.2 Å². The maximum absolute atomic E-state index is 12.3. The number of ether oxygens (including phenoxy) is 1. The first kappa shape index (κ1) is 18.0. The van der Waals surface area contributed by atoms with Gasteiger partial charge in [0.05, 0.1) is 17.5 Å². The van der Waals surface area contributed by atoms with E-state index in [0.717, 1.165) is 0 Å². The predicted octanol–water partition coefficient (Wildman–Crippen LogP) is 0.0629. The Bertz CT molecular complexity index is 801. The average molecular weight is 353 g/mol. The summed E-state index contributed by atoms with van der Waals surface area (Å²) in [5, 5.41) is 15.7. The van der Waals surface area contributed by atoms with Crippen molar-refractivity contribution < 1.29 is 17.9 Å². The molecule has 1 aromatic heterocycles. The zero-order valence-corrected chi connectivity index (χ0v) is 14.2. The van der Waals surface area contributed by atoms with Gasteiger partial charge in [0.15, 0.2) is 5.82 Å². The Balaban J connectivity index is 2.08. The van der Waals surface area contributed by atoms with Crippen LogP contribution in [0.5, 0.6) is 0 Å². The molecule has 0 saturated heterocycles. The summed E-state index contributed by atoms with van der Waals surface area (Å²) in [5.74, 6) is 0.242. The fourth-order valence-electron chi connectivity index (χ4n) is 2.10. The van der Waals surface area contributed by atoms with E-state index < -0.39 is 10.0 Å². The standard InChI is InChI=1S/C14H19N5O4S/c1-10(13-18-16-9-19(13)7-8-23-2)17-14(20)11-3-5-12(6-4-11)24(15,21)22/h3-6,9-10H,7-8H2,1-2H3,(H,17,20)(H2,15,21,22)/t10-/m1/s1. The lowest BCUT2D eigenvalue weighted by atomic mass is 10.2. The Morgan fingerprint density at radius 1 is 1.38 bits per heavy atom. The third-order valence-corrected chi connectivity index (χ3v) is 4.29. The van der Waals surface area contributed by atoms with E-state index in [-0.39, 0.29) is 16.8 Å². The smallest absolute Gasteiger partial charge is 0.251 e. The molecule has 2 rings (SSSR count). The van der Waals surface area contributed by atoms with Crippen LogP contribution in [0.15, 0.2) is 35.5 Å². The molecule has 1 heterocycles. The second kappa shape index (κ2) is 7.51. The van der Waals surface area contributed by atoms with Crippen molar-refractivity contribution in [1.82, 2.24) is 20.1 Å². The average Bonchev–Trinajstić information content (AvgIpc) is 3.00. The zero-order chi connectivity index (χ0) is 17.7. The summed E-state index contributed by atoms with van der Waals surface area (Å²) in [6.07, 6.45) is 1.57. The number of hydrogen-bond donors (Lipinski definition) is 2. The third-order valence-electron chi connectivity index (χ3n) is 3.36. The van der Waals surface area contributed by atoms with Crippen LogP contribution in [0.1, 0.15) is 29.1 Å². The van der Waals surface area contributed by atoms with Crippen LogP contribution in [-0.2, 0) is 21.3 Å². The molecule has 0 bridgehead atoms. The summed E-state index contributed by atoms with van der Waals surface area (Å²) < 4.78 is 29.2. The Hall–Kier alpha value is -2.30. The monoisotopic (exact) mass is 353 g/mol. The number of nitrogens with zero attached hydrogens (tertiary/aromatic N) is 3. The highest BCUT2D eigenvalue weighted by atomic mass is 32.2. The highest BCUT2D eigenvalue weighted by Crippen LogP contribution is 2.12. The van der Waals surface area contributed by atoms with E-state index in [1.165, 1.54) is 24.3 Å². The SMILES string of the molecule is COCCn1cnnc1[C@@H](C)NC(=O)c1ccc(S(N)(=O)=O)cc1. The van der Waals surface area contributed by atoms with Crippen LogP contribution in [0.2, 0.25) is 0 Å². The maximum atomic E-state index is 12.3. The molecule has 1 atom stereocenters. The molecular weight excluding hydrogens is 334 g/mol. The van der Waals surface area contributed by atoms with E-state index >= 15 is 0 Å². The summed E-state index contributed by atoms with van der Waals surface area (Å²) in [6, 6.07) is 5.00. The van der Waals surface area contributed by atoms with Gasteiger partial charge in [-0.15, -0.1) is 10.2 Å². The molecule has 0 radical (unpaired) electrons. The first-order chi connectivity index (χ1) is 11.3. The molecule has 0 fully saturated rings. The van der Waals surface area contributed by atoms with Gasteiger partial charge in [-0.3, -0.25) is 4.79 Å². The van der Waals surface area contributed by atoms with Crippen molar-refractivity contribution in [2.24, 2.45) is 5.14 Å². The van der Waals surface area contributed by atoms with Crippen LogP contribution in [0.25, 0.3) is 0 Å². The van der Waals surface area contributed by atoms with Gasteiger partial charge < -0.3 is 14.6 Å². The fourth-order valence-corrected chi connectivity index (χ4v) is 2.62. The molecule has 1 amide bonds. The van der Waals surface area contributed by atoms with Gasteiger partial charge in [0.1, 0.15) is 6.33 Å². The number of methoxy groups -OCH3 is 1. The first-order valence-electron chi connectivity index (χ1n) is 7.13. The fraction of sp³-hybridized carbons (Fsp3) is 0.357. The van der Waals surface area contributed by atoms with Crippen molar-refractivity contribution in [2.45, 2.75) is 24.4 Å². The summed E-state index contributed by atoms with van der Waals surface area (Å²) >= 11 is 0. The van der Waals surface area contributed by atoms with E-state index in [1.807, 2.05) is 0 Å². The van der Waals surface area contributed by atoms with Crippen molar-refractivity contribution in [1.29, 1.82) is 0 Å². The van der Waals surface area contributed by atoms with Gasteiger partial charge in [-0.05, 0) is 31.2 Å². The second-order valence-electron chi connectivity index (χ2n) is 5.14. The number of benzene rings is 1. The van der Waals surface area contributed by atoms with E-state index in [2.05, 4.69) is 15.5 Å². The van der Waals surface area contributed by atoms with Crippen molar-refractivity contribution in [2.75, 3.05) is 13.7 Å². The highest BCUT2D eigenvalue weighted by Gasteiger charge is 2.17. The van der Waals surface area contributed by atoms with Crippen LogP contribution in [0.3, 0.4) is 0 Å². The first-order valence-corrected chi connectivity index (χ1v) is 8.68. The van der Waals surface area contributed by atoms with Crippen LogP contribution < -0.4 is 10.5 Å².